The molecule has 0 heterocycles. The fourth-order valence-electron chi connectivity index (χ4n) is 0.584. The van der Waals surface area contributed by atoms with Crippen LogP contribution < -0.4 is 10.6 Å². The molecule has 0 unspecified atom stereocenters. The molecular formula is C5H9N3O4. The van der Waals surface area contributed by atoms with Crippen LogP contribution in [0.25, 0.3) is 0 Å². The molecule has 2 N–H and O–H groups in total. The zero-order chi connectivity index (χ0) is 9.72. The van der Waals surface area contributed by atoms with Crippen molar-refractivity contribution >= 4 is 11.8 Å². The number of carbonyl (C=O) groups excluding carboxylic acids is 2. The first-order valence-corrected chi connectivity index (χ1v) is 3.11. The first kappa shape index (κ1) is 10.3. The van der Waals surface area contributed by atoms with Crippen LogP contribution in [-0.2, 0) is 9.59 Å². The van der Waals surface area contributed by atoms with Crippen LogP contribution in [0.2, 0.25) is 0 Å². The van der Waals surface area contributed by atoms with Crippen LogP contribution in [0.5, 0.6) is 0 Å². The summed E-state index contributed by atoms with van der Waals surface area (Å²) < 4.78 is 0. The van der Waals surface area contributed by atoms with Gasteiger partial charge < -0.3 is 10.6 Å². The van der Waals surface area contributed by atoms with E-state index in [9.17, 15) is 19.7 Å². The normalized spacial score (nSPS) is 9.25. The number of nitro groups is 1. The maximum atomic E-state index is 10.7. The van der Waals surface area contributed by atoms with E-state index in [1.54, 1.807) is 0 Å². The van der Waals surface area contributed by atoms with Crippen molar-refractivity contribution in [2.75, 3.05) is 14.1 Å². The molecule has 0 spiro atoms. The third kappa shape index (κ3) is 2.19. The fourth-order valence-corrected chi connectivity index (χ4v) is 0.584. The molecule has 7 heteroatoms. The highest BCUT2D eigenvalue weighted by Gasteiger charge is 2.36. The molecule has 0 aromatic heterocycles. The number of nitrogens with zero attached hydrogens (tertiary/aromatic N) is 1. The molecule has 0 aliphatic heterocycles. The molecule has 2 amide bonds. The van der Waals surface area contributed by atoms with Gasteiger partial charge in [0.15, 0.2) is 0 Å². The van der Waals surface area contributed by atoms with E-state index >= 15 is 0 Å². The maximum Gasteiger partial charge on any atom is 0.365 e. The summed E-state index contributed by atoms with van der Waals surface area (Å²) in [5.74, 6) is -1.86. The van der Waals surface area contributed by atoms with Crippen LogP contribution in [0.1, 0.15) is 0 Å². The molecule has 12 heavy (non-hydrogen) atoms. The van der Waals surface area contributed by atoms with E-state index < -0.39 is 22.8 Å². The minimum absolute atomic E-state index is 0.931. The Hall–Kier alpha value is -1.66. The lowest BCUT2D eigenvalue weighted by atomic mass is 10.3. The van der Waals surface area contributed by atoms with Gasteiger partial charge in [-0.15, -0.1) is 0 Å². The topological polar surface area (TPSA) is 101 Å². The number of likely N-dealkylation sites (N-methyl/N-ethyl adjacent to an activating group) is 2. The van der Waals surface area contributed by atoms with Gasteiger partial charge in [-0.3, -0.25) is 19.7 Å². The van der Waals surface area contributed by atoms with Gasteiger partial charge in [-0.2, -0.15) is 0 Å². The van der Waals surface area contributed by atoms with Crippen molar-refractivity contribution in [2.45, 2.75) is 6.04 Å². The Morgan fingerprint density at radius 3 is 1.75 bits per heavy atom. The number of carbonyl (C=O) groups is 2. The Morgan fingerprint density at radius 2 is 1.58 bits per heavy atom. The highest BCUT2D eigenvalue weighted by molar-refractivity contribution is 6.02. The highest BCUT2D eigenvalue weighted by atomic mass is 16.6. The zero-order valence-corrected chi connectivity index (χ0v) is 6.66. The summed E-state index contributed by atoms with van der Waals surface area (Å²) in [6.45, 7) is 0. The summed E-state index contributed by atoms with van der Waals surface area (Å²) in [5.41, 5.74) is 0. The van der Waals surface area contributed by atoms with Gasteiger partial charge in [0, 0.05) is 19.0 Å². The largest absolute Gasteiger partial charge is 0.365 e. The van der Waals surface area contributed by atoms with Gasteiger partial charge in [-0.05, 0) is 0 Å². The Labute approximate surface area is 68.3 Å². The van der Waals surface area contributed by atoms with Gasteiger partial charge >= 0.3 is 17.9 Å². The van der Waals surface area contributed by atoms with E-state index in [1.807, 2.05) is 10.6 Å². The van der Waals surface area contributed by atoms with Gasteiger partial charge in [-0.1, -0.05) is 0 Å². The molecule has 0 saturated heterocycles. The van der Waals surface area contributed by atoms with Crippen molar-refractivity contribution in [1.82, 2.24) is 10.6 Å². The van der Waals surface area contributed by atoms with E-state index in [1.165, 1.54) is 14.1 Å². The van der Waals surface area contributed by atoms with Crippen LogP contribution >= 0.6 is 0 Å². The minimum atomic E-state index is -1.86. The van der Waals surface area contributed by atoms with Crippen LogP contribution in [0.4, 0.5) is 0 Å². The molecule has 0 rings (SSSR count). The van der Waals surface area contributed by atoms with Crippen LogP contribution in [-0.4, -0.2) is 36.9 Å². The molecule has 0 radical (unpaired) electrons. The number of nitrogens with one attached hydrogen (secondary N) is 2. The van der Waals surface area contributed by atoms with Crippen molar-refractivity contribution in [3.63, 3.8) is 0 Å². The number of amides is 2. The second-order valence-corrected chi connectivity index (χ2v) is 1.92. The number of hydrogen-bond acceptors (Lipinski definition) is 4. The first-order chi connectivity index (χ1) is 5.54. The van der Waals surface area contributed by atoms with Gasteiger partial charge in [-0.25, -0.2) is 0 Å². The molecule has 0 saturated carbocycles. The molecule has 0 aliphatic rings. The number of rotatable bonds is 3. The summed E-state index contributed by atoms with van der Waals surface area (Å²) in [7, 11) is 2.45. The summed E-state index contributed by atoms with van der Waals surface area (Å²) in [5, 5.41) is 14.2. The van der Waals surface area contributed by atoms with Gasteiger partial charge in [0.1, 0.15) is 0 Å². The summed E-state index contributed by atoms with van der Waals surface area (Å²) in [6, 6.07) is -1.86. The van der Waals surface area contributed by atoms with Crippen LogP contribution in [0.3, 0.4) is 0 Å². The molecular weight excluding hydrogens is 166 g/mol. The maximum absolute atomic E-state index is 10.7. The average molecular weight is 175 g/mol. The summed E-state index contributed by atoms with van der Waals surface area (Å²) in [6.07, 6.45) is 0. The van der Waals surface area contributed by atoms with Crippen molar-refractivity contribution in [3.05, 3.63) is 10.1 Å². The predicted octanol–water partition coefficient (Wildman–Crippen LogP) is -1.88. The molecule has 0 aromatic carbocycles. The van der Waals surface area contributed by atoms with E-state index in [2.05, 4.69) is 0 Å². The Bertz CT molecular complexity index is 199. The van der Waals surface area contributed by atoms with Crippen LogP contribution in [0, 0.1) is 10.1 Å². The number of hydrogen-bond donors (Lipinski definition) is 2. The lowest BCUT2D eigenvalue weighted by molar-refractivity contribution is -0.494. The molecule has 0 atom stereocenters. The van der Waals surface area contributed by atoms with Crippen molar-refractivity contribution in [1.29, 1.82) is 0 Å². The van der Waals surface area contributed by atoms with E-state index in [0.717, 1.165) is 0 Å². The van der Waals surface area contributed by atoms with E-state index in [4.69, 9.17) is 0 Å². The predicted molar refractivity (Wildman–Crippen MR) is 38.9 cm³/mol. The molecule has 7 nitrogen and oxygen atoms in total. The van der Waals surface area contributed by atoms with Gasteiger partial charge in [0.25, 0.3) is 0 Å². The average Bonchev–Trinajstić information content (AvgIpc) is 2.03. The monoisotopic (exact) mass is 175 g/mol. The first-order valence-electron chi connectivity index (χ1n) is 3.11. The highest BCUT2D eigenvalue weighted by Crippen LogP contribution is 1.89. The second kappa shape index (κ2) is 4.27. The molecule has 0 fully saturated rings. The third-order valence-corrected chi connectivity index (χ3v) is 1.20. The van der Waals surface area contributed by atoms with Crippen molar-refractivity contribution < 1.29 is 14.5 Å². The quantitative estimate of drug-likeness (QED) is 0.298. The minimum Gasteiger partial charge on any atom is -0.353 e. The lowest BCUT2D eigenvalue weighted by Gasteiger charge is -2.05. The Balaban J connectivity index is 4.55. The summed E-state index contributed by atoms with van der Waals surface area (Å²) >= 11 is 0. The SMILES string of the molecule is CNC(=O)C(C(=O)NC)[N+](=O)[O-]. The standard InChI is InChI=1S/C5H9N3O4/c1-6-4(9)3(8(11)12)5(10)7-2/h3H,1-2H3,(H,6,9)(H,7,10). The Kier molecular flexibility index (Phi) is 3.68. The van der Waals surface area contributed by atoms with Gasteiger partial charge in [0.05, 0.1) is 0 Å². The smallest absolute Gasteiger partial charge is 0.353 e. The van der Waals surface area contributed by atoms with E-state index in [-0.39, 0.29) is 0 Å². The molecule has 0 aromatic rings. The van der Waals surface area contributed by atoms with Gasteiger partial charge in [0.2, 0.25) is 0 Å². The Morgan fingerprint density at radius 1 is 1.25 bits per heavy atom. The fraction of sp³-hybridized carbons (Fsp3) is 0.600. The molecule has 68 valence electrons. The van der Waals surface area contributed by atoms with Crippen molar-refractivity contribution in [2.24, 2.45) is 0 Å². The van der Waals surface area contributed by atoms with Crippen LogP contribution in [0.15, 0.2) is 0 Å². The molecule has 0 bridgehead atoms. The molecule has 0 aliphatic carbocycles. The lowest BCUT2D eigenvalue weighted by Crippen LogP contribution is -2.48. The zero-order valence-electron chi connectivity index (χ0n) is 6.66. The summed E-state index contributed by atoms with van der Waals surface area (Å²) in [4.78, 5) is 30.7. The second-order valence-electron chi connectivity index (χ2n) is 1.92. The van der Waals surface area contributed by atoms with E-state index in [0.29, 0.717) is 0 Å². The van der Waals surface area contributed by atoms with Crippen molar-refractivity contribution in [3.8, 4) is 0 Å². The third-order valence-electron chi connectivity index (χ3n) is 1.20.